The van der Waals surface area contributed by atoms with Crippen LogP contribution in [0.4, 0.5) is 0 Å². The van der Waals surface area contributed by atoms with Crippen molar-refractivity contribution in [2.45, 2.75) is 239 Å². The fraction of sp³-hybridized carbons (Fsp3) is 0.925. The van der Waals surface area contributed by atoms with E-state index in [1.165, 1.54) is 219 Å². The molecule has 248 valence electrons. The molecule has 2 heteroatoms. The van der Waals surface area contributed by atoms with Crippen molar-refractivity contribution in [3.8, 4) is 0 Å². The highest BCUT2D eigenvalue weighted by Crippen LogP contribution is 2.16. The van der Waals surface area contributed by atoms with E-state index in [0.717, 1.165) is 0 Å². The van der Waals surface area contributed by atoms with Crippen molar-refractivity contribution in [3.63, 3.8) is 0 Å². The first-order valence-corrected chi connectivity index (χ1v) is 19.9. The summed E-state index contributed by atoms with van der Waals surface area (Å²) in [7, 11) is 0. The highest BCUT2D eigenvalue weighted by Gasteiger charge is 2.16. The molecule has 0 unspecified atom stereocenters. The molecule has 1 rings (SSSR count). The lowest BCUT2D eigenvalue weighted by Crippen LogP contribution is -2.37. The van der Waals surface area contributed by atoms with Gasteiger partial charge in [-0.15, -0.1) is 0 Å². The minimum absolute atomic E-state index is 1.22. The molecule has 0 N–H and O–H groups in total. The SMILES string of the molecule is CCCCCCCCCCCCCCCCCCCc1n(CCCCCCCCCCCCC)cc[n+]1CCCCC. The summed E-state index contributed by atoms with van der Waals surface area (Å²) in [5, 5.41) is 0. The van der Waals surface area contributed by atoms with Crippen LogP contribution in [0.5, 0.6) is 0 Å². The zero-order valence-electron chi connectivity index (χ0n) is 29.6. The summed E-state index contributed by atoms with van der Waals surface area (Å²) < 4.78 is 5.22. The third kappa shape index (κ3) is 23.6. The van der Waals surface area contributed by atoms with Gasteiger partial charge in [-0.2, -0.15) is 0 Å². The van der Waals surface area contributed by atoms with Crippen molar-refractivity contribution in [2.24, 2.45) is 0 Å². The fourth-order valence-corrected chi connectivity index (χ4v) is 6.68. The van der Waals surface area contributed by atoms with Gasteiger partial charge in [0.1, 0.15) is 12.4 Å². The van der Waals surface area contributed by atoms with Gasteiger partial charge in [-0.25, -0.2) is 9.13 Å². The van der Waals surface area contributed by atoms with Gasteiger partial charge in [0, 0.05) is 6.42 Å². The Morgan fingerprint density at radius 1 is 0.405 bits per heavy atom. The van der Waals surface area contributed by atoms with Crippen LogP contribution >= 0.6 is 0 Å². The van der Waals surface area contributed by atoms with E-state index < -0.39 is 0 Å². The summed E-state index contributed by atoms with van der Waals surface area (Å²) in [5.41, 5.74) is 0. The van der Waals surface area contributed by atoms with E-state index in [4.69, 9.17) is 0 Å². The number of hydrogen-bond acceptors (Lipinski definition) is 0. The molecule has 0 aliphatic heterocycles. The predicted octanol–water partition coefficient (Wildman–Crippen LogP) is 13.5. The molecule has 1 aromatic heterocycles. The molecular formula is C40H79N2+. The number of nitrogens with zero attached hydrogens (tertiary/aromatic N) is 2. The minimum Gasteiger partial charge on any atom is -0.234 e. The first-order chi connectivity index (χ1) is 20.8. The van der Waals surface area contributed by atoms with Crippen molar-refractivity contribution in [3.05, 3.63) is 18.2 Å². The number of rotatable bonds is 34. The molecule has 2 nitrogen and oxygen atoms in total. The van der Waals surface area contributed by atoms with Crippen LogP contribution in [0.25, 0.3) is 0 Å². The molecule has 0 radical (unpaired) electrons. The topological polar surface area (TPSA) is 8.81 Å². The quantitative estimate of drug-likeness (QED) is 0.0560. The van der Waals surface area contributed by atoms with Crippen LogP contribution in [0.1, 0.15) is 226 Å². The van der Waals surface area contributed by atoms with Crippen LogP contribution in [-0.2, 0) is 19.5 Å². The number of aryl methyl sites for hydroxylation is 2. The molecule has 1 heterocycles. The first-order valence-electron chi connectivity index (χ1n) is 19.9. The zero-order valence-corrected chi connectivity index (χ0v) is 29.6. The van der Waals surface area contributed by atoms with Gasteiger partial charge in [0.15, 0.2) is 0 Å². The number of unbranched alkanes of at least 4 members (excludes halogenated alkanes) is 28. The molecule has 0 fully saturated rings. The Morgan fingerprint density at radius 2 is 0.738 bits per heavy atom. The lowest BCUT2D eigenvalue weighted by atomic mass is 10.0. The summed E-state index contributed by atoms with van der Waals surface area (Å²) in [6, 6.07) is 0. The second kappa shape index (κ2) is 31.6. The van der Waals surface area contributed by atoms with E-state index in [9.17, 15) is 0 Å². The van der Waals surface area contributed by atoms with E-state index >= 15 is 0 Å². The van der Waals surface area contributed by atoms with Gasteiger partial charge in [0.25, 0.3) is 5.82 Å². The monoisotopic (exact) mass is 588 g/mol. The summed E-state index contributed by atoms with van der Waals surface area (Å²) in [6.45, 7) is 9.38. The average molecular weight is 588 g/mol. The second-order valence-electron chi connectivity index (χ2n) is 13.8. The average Bonchev–Trinajstić information content (AvgIpc) is 3.38. The largest absolute Gasteiger partial charge is 0.256 e. The number of imidazole rings is 1. The third-order valence-electron chi connectivity index (χ3n) is 9.60. The Morgan fingerprint density at radius 3 is 1.14 bits per heavy atom. The highest BCUT2D eigenvalue weighted by molar-refractivity contribution is 4.84. The van der Waals surface area contributed by atoms with Crippen LogP contribution in [0.2, 0.25) is 0 Å². The van der Waals surface area contributed by atoms with Crippen LogP contribution in [0, 0.1) is 0 Å². The standard InChI is InChI=1S/C40H79N2/c1-4-7-10-12-14-16-18-19-20-21-22-23-24-26-28-30-32-35-40-41(36-33-9-6-3)38-39-42(40)37-34-31-29-27-25-17-15-13-11-8-5-2/h38-39H,4-37H2,1-3H3/q+1. The van der Waals surface area contributed by atoms with Crippen LogP contribution < -0.4 is 4.57 Å². The maximum Gasteiger partial charge on any atom is 0.256 e. The van der Waals surface area contributed by atoms with Gasteiger partial charge >= 0.3 is 0 Å². The molecule has 42 heavy (non-hydrogen) atoms. The van der Waals surface area contributed by atoms with Gasteiger partial charge in [0.05, 0.1) is 13.1 Å². The van der Waals surface area contributed by atoms with Crippen molar-refractivity contribution < 1.29 is 4.57 Å². The second-order valence-corrected chi connectivity index (χ2v) is 13.8. The smallest absolute Gasteiger partial charge is 0.234 e. The highest BCUT2D eigenvalue weighted by atomic mass is 15.1. The van der Waals surface area contributed by atoms with Gasteiger partial charge in [0.2, 0.25) is 0 Å². The molecule has 0 spiro atoms. The van der Waals surface area contributed by atoms with E-state index in [2.05, 4.69) is 42.3 Å². The van der Waals surface area contributed by atoms with E-state index in [1.54, 1.807) is 5.82 Å². The zero-order chi connectivity index (χ0) is 30.2. The van der Waals surface area contributed by atoms with Crippen molar-refractivity contribution in [1.82, 2.24) is 4.57 Å². The number of aromatic nitrogens is 2. The Hall–Kier alpha value is -0.790. The fourth-order valence-electron chi connectivity index (χ4n) is 6.68. The molecular weight excluding hydrogens is 508 g/mol. The Balaban J connectivity index is 2.11. The van der Waals surface area contributed by atoms with E-state index in [-0.39, 0.29) is 0 Å². The van der Waals surface area contributed by atoms with Crippen LogP contribution in [-0.4, -0.2) is 4.57 Å². The van der Waals surface area contributed by atoms with Gasteiger partial charge in [-0.05, 0) is 32.1 Å². The van der Waals surface area contributed by atoms with Gasteiger partial charge in [-0.1, -0.05) is 188 Å². The molecule has 0 aliphatic rings. The van der Waals surface area contributed by atoms with Gasteiger partial charge < -0.3 is 0 Å². The summed E-state index contributed by atoms with van der Waals surface area (Å²) in [4.78, 5) is 0. The first kappa shape index (κ1) is 39.2. The lowest BCUT2D eigenvalue weighted by Gasteiger charge is -2.07. The molecule has 1 aromatic rings. The summed E-state index contributed by atoms with van der Waals surface area (Å²) in [6.07, 6.45) is 50.5. The molecule has 0 atom stereocenters. The lowest BCUT2D eigenvalue weighted by molar-refractivity contribution is -0.704. The van der Waals surface area contributed by atoms with E-state index in [0.29, 0.717) is 0 Å². The van der Waals surface area contributed by atoms with Crippen molar-refractivity contribution >= 4 is 0 Å². The maximum absolute atomic E-state index is 2.62. The normalized spacial score (nSPS) is 11.6. The number of hydrogen-bond donors (Lipinski definition) is 0. The van der Waals surface area contributed by atoms with Gasteiger partial charge in [-0.3, -0.25) is 0 Å². The predicted molar refractivity (Wildman–Crippen MR) is 188 cm³/mol. The minimum atomic E-state index is 1.22. The third-order valence-corrected chi connectivity index (χ3v) is 9.60. The summed E-state index contributed by atoms with van der Waals surface area (Å²) in [5.74, 6) is 1.61. The molecule has 0 amide bonds. The van der Waals surface area contributed by atoms with Crippen LogP contribution in [0.3, 0.4) is 0 Å². The van der Waals surface area contributed by atoms with Crippen LogP contribution in [0.15, 0.2) is 12.4 Å². The molecule has 0 bridgehead atoms. The Kier molecular flexibility index (Phi) is 29.5. The van der Waals surface area contributed by atoms with E-state index in [1.807, 2.05) is 0 Å². The Bertz CT molecular complexity index is 648. The summed E-state index contributed by atoms with van der Waals surface area (Å²) >= 11 is 0. The molecule has 0 saturated heterocycles. The molecule has 0 aliphatic carbocycles. The molecule has 0 saturated carbocycles. The van der Waals surface area contributed by atoms with Crippen molar-refractivity contribution in [2.75, 3.05) is 0 Å². The molecule has 0 aromatic carbocycles. The Labute approximate surface area is 266 Å². The van der Waals surface area contributed by atoms with Crippen molar-refractivity contribution in [1.29, 1.82) is 0 Å². The maximum atomic E-state index is 2.62.